The summed E-state index contributed by atoms with van der Waals surface area (Å²) < 4.78 is 28.6. The van der Waals surface area contributed by atoms with Gasteiger partial charge in [-0.25, -0.2) is 4.39 Å². The van der Waals surface area contributed by atoms with Crippen LogP contribution in [0.15, 0.2) is 30.3 Å². The number of nitro groups is 1. The van der Waals surface area contributed by atoms with Gasteiger partial charge in [-0.3, -0.25) is 34.7 Å². The van der Waals surface area contributed by atoms with Gasteiger partial charge in [-0.2, -0.15) is 4.39 Å². The fourth-order valence-electron chi connectivity index (χ4n) is 6.58. The number of nitro benzene ring substituents is 1. The molecule has 1 atom stereocenters. The predicted octanol–water partition coefficient (Wildman–Crippen LogP) is 2.67. The number of piperazine rings is 1. The summed E-state index contributed by atoms with van der Waals surface area (Å²) in [6, 6.07) is 6.77. The third-order valence-electron chi connectivity index (χ3n) is 8.93. The van der Waals surface area contributed by atoms with Gasteiger partial charge in [0.1, 0.15) is 6.04 Å². The maximum atomic E-state index is 14.5. The van der Waals surface area contributed by atoms with Crippen LogP contribution in [-0.2, 0) is 16.1 Å². The van der Waals surface area contributed by atoms with Gasteiger partial charge in [0.2, 0.25) is 17.6 Å². The van der Waals surface area contributed by atoms with Gasteiger partial charge in [-0.15, -0.1) is 0 Å². The van der Waals surface area contributed by atoms with E-state index in [1.54, 1.807) is 9.80 Å². The number of hydrogen-bond donors (Lipinski definition) is 1. The summed E-state index contributed by atoms with van der Waals surface area (Å²) >= 11 is 0. The minimum Gasteiger partial charge on any atom is -0.369 e. The Morgan fingerprint density at radius 2 is 1.64 bits per heavy atom. The van der Waals surface area contributed by atoms with Crippen LogP contribution in [0.4, 0.5) is 25.8 Å². The van der Waals surface area contributed by atoms with E-state index in [9.17, 15) is 33.3 Å². The molecule has 0 aliphatic carbocycles. The summed E-state index contributed by atoms with van der Waals surface area (Å²) in [4.78, 5) is 54.8. The highest BCUT2D eigenvalue weighted by molar-refractivity contribution is 6.05. The average Bonchev–Trinajstić information content (AvgIpc) is 3.30. The fraction of sp³-hybridized carbons (Fsp3) is 0.483. The van der Waals surface area contributed by atoms with Crippen LogP contribution in [0.3, 0.4) is 0 Å². The van der Waals surface area contributed by atoms with Crippen molar-refractivity contribution in [1.82, 2.24) is 15.1 Å². The maximum absolute atomic E-state index is 14.5. The largest absolute Gasteiger partial charge is 0.369 e. The molecule has 2 aromatic carbocycles. The zero-order chi connectivity index (χ0) is 29.5. The number of rotatable bonds is 6. The van der Waals surface area contributed by atoms with Crippen molar-refractivity contribution in [2.24, 2.45) is 5.92 Å². The molecule has 0 radical (unpaired) electrons. The van der Waals surface area contributed by atoms with Crippen molar-refractivity contribution in [3.8, 4) is 0 Å². The number of anilines is 2. The second-order valence-electron chi connectivity index (χ2n) is 11.5. The van der Waals surface area contributed by atoms with Gasteiger partial charge < -0.3 is 14.7 Å². The molecule has 3 saturated heterocycles. The summed E-state index contributed by atoms with van der Waals surface area (Å²) in [7, 11) is 0. The van der Waals surface area contributed by atoms with E-state index < -0.39 is 34.2 Å². The molecule has 1 N–H and O–H groups in total. The maximum Gasteiger partial charge on any atom is 0.307 e. The molecule has 4 aliphatic heterocycles. The van der Waals surface area contributed by atoms with E-state index in [4.69, 9.17) is 0 Å². The second-order valence-corrected chi connectivity index (χ2v) is 11.5. The molecule has 222 valence electrons. The molecule has 0 spiro atoms. The van der Waals surface area contributed by atoms with Gasteiger partial charge in [-0.1, -0.05) is 0 Å². The molecular weight excluding hydrogens is 550 g/mol. The van der Waals surface area contributed by atoms with Crippen LogP contribution in [0.2, 0.25) is 0 Å². The lowest BCUT2D eigenvalue weighted by Gasteiger charge is -2.40. The molecule has 0 aromatic heterocycles. The molecule has 6 rings (SSSR count). The van der Waals surface area contributed by atoms with Crippen LogP contribution in [-0.4, -0.2) is 84.3 Å². The Labute approximate surface area is 241 Å². The van der Waals surface area contributed by atoms with Crippen LogP contribution in [0.1, 0.15) is 41.6 Å². The molecular formula is C29H32F2N6O5. The molecule has 0 bridgehead atoms. The Morgan fingerprint density at radius 1 is 0.905 bits per heavy atom. The van der Waals surface area contributed by atoms with Gasteiger partial charge in [0.05, 0.1) is 16.7 Å². The molecule has 3 fully saturated rings. The third-order valence-corrected chi connectivity index (χ3v) is 8.93. The summed E-state index contributed by atoms with van der Waals surface area (Å²) in [5.74, 6) is -2.29. The van der Waals surface area contributed by atoms with Crippen molar-refractivity contribution in [3.05, 3.63) is 63.2 Å². The number of fused-ring (bicyclic) bond motifs is 1. The first-order valence-electron chi connectivity index (χ1n) is 14.3. The first-order chi connectivity index (χ1) is 20.2. The zero-order valence-electron chi connectivity index (χ0n) is 23.1. The smallest absolute Gasteiger partial charge is 0.307 e. The Kier molecular flexibility index (Phi) is 7.52. The monoisotopic (exact) mass is 582 g/mol. The Hall–Kier alpha value is -4.13. The van der Waals surface area contributed by atoms with E-state index in [0.717, 1.165) is 62.9 Å². The molecule has 3 amide bonds. The van der Waals surface area contributed by atoms with E-state index in [1.165, 1.54) is 0 Å². The number of hydrogen-bond acceptors (Lipinski definition) is 8. The number of nitrogens with one attached hydrogen (secondary N) is 1. The highest BCUT2D eigenvalue weighted by Crippen LogP contribution is 2.33. The number of nitrogens with zero attached hydrogens (tertiary/aromatic N) is 5. The lowest BCUT2D eigenvalue weighted by Crippen LogP contribution is -2.52. The molecule has 2 aromatic rings. The highest BCUT2D eigenvalue weighted by atomic mass is 19.1. The number of halogens is 2. The van der Waals surface area contributed by atoms with E-state index >= 15 is 0 Å². The van der Waals surface area contributed by atoms with Crippen LogP contribution < -0.4 is 15.1 Å². The molecule has 0 saturated carbocycles. The fourth-order valence-corrected chi connectivity index (χ4v) is 6.58. The average molecular weight is 583 g/mol. The number of piperidine rings is 2. The van der Waals surface area contributed by atoms with Gasteiger partial charge in [0.15, 0.2) is 5.82 Å². The molecule has 13 heteroatoms. The number of benzene rings is 2. The van der Waals surface area contributed by atoms with Crippen molar-refractivity contribution in [3.63, 3.8) is 0 Å². The van der Waals surface area contributed by atoms with E-state index in [-0.39, 0.29) is 23.9 Å². The van der Waals surface area contributed by atoms with Crippen LogP contribution >= 0.6 is 0 Å². The third kappa shape index (κ3) is 5.40. The molecule has 4 heterocycles. The minimum absolute atomic E-state index is 0.0708. The quantitative estimate of drug-likeness (QED) is 0.314. The van der Waals surface area contributed by atoms with Crippen LogP contribution in [0.25, 0.3) is 0 Å². The molecule has 11 nitrogen and oxygen atoms in total. The van der Waals surface area contributed by atoms with Gasteiger partial charge in [-0.05, 0) is 48.9 Å². The Balaban J connectivity index is 0.998. The summed E-state index contributed by atoms with van der Waals surface area (Å²) in [6.45, 7) is 5.79. The normalized spacial score (nSPS) is 22.0. The van der Waals surface area contributed by atoms with Crippen molar-refractivity contribution < 1.29 is 28.1 Å². The van der Waals surface area contributed by atoms with Crippen LogP contribution in [0, 0.1) is 27.7 Å². The lowest BCUT2D eigenvalue weighted by molar-refractivity contribution is -0.387. The minimum atomic E-state index is -1.03. The second kappa shape index (κ2) is 11.3. The lowest BCUT2D eigenvalue weighted by atomic mass is 9.95. The Morgan fingerprint density at radius 3 is 2.33 bits per heavy atom. The first kappa shape index (κ1) is 28.0. The standard InChI is InChI=1S/C29H32F2N6O5/c30-22-15-26(37(41)42)23(31)14-25(22)35-7-5-18(6-8-35)16-33-9-11-34(12-10-33)20-1-2-21-19(13-20)17-36(29(21)40)24-3-4-27(38)32-28(24)39/h1-2,13-15,18,24H,3-12,16-17H2,(H,32,38,39). The first-order valence-corrected chi connectivity index (χ1v) is 14.3. The van der Waals surface area contributed by atoms with Crippen LogP contribution in [0.5, 0.6) is 0 Å². The Bertz CT molecular complexity index is 1440. The number of carbonyl (C=O) groups is 3. The van der Waals surface area contributed by atoms with E-state index in [0.29, 0.717) is 43.6 Å². The topological polar surface area (TPSA) is 119 Å². The van der Waals surface area contributed by atoms with E-state index in [1.807, 2.05) is 18.2 Å². The zero-order valence-corrected chi connectivity index (χ0v) is 23.1. The van der Waals surface area contributed by atoms with Crippen molar-refractivity contribution >= 4 is 34.8 Å². The number of imide groups is 1. The number of amides is 3. The molecule has 1 unspecified atom stereocenters. The van der Waals surface area contributed by atoms with Gasteiger partial charge in [0.25, 0.3) is 5.91 Å². The molecule has 42 heavy (non-hydrogen) atoms. The summed E-state index contributed by atoms with van der Waals surface area (Å²) in [5.41, 5.74) is 1.75. The summed E-state index contributed by atoms with van der Waals surface area (Å²) in [6.07, 6.45) is 2.20. The predicted molar refractivity (Wildman–Crippen MR) is 149 cm³/mol. The van der Waals surface area contributed by atoms with Gasteiger partial charge >= 0.3 is 5.69 Å². The van der Waals surface area contributed by atoms with Crippen molar-refractivity contribution in [2.45, 2.75) is 38.3 Å². The van der Waals surface area contributed by atoms with E-state index in [2.05, 4.69) is 15.1 Å². The van der Waals surface area contributed by atoms with Gasteiger partial charge in [0, 0.05) is 76.1 Å². The highest BCUT2D eigenvalue weighted by Gasteiger charge is 2.39. The molecule has 4 aliphatic rings. The van der Waals surface area contributed by atoms with Crippen molar-refractivity contribution in [2.75, 3.05) is 55.6 Å². The summed E-state index contributed by atoms with van der Waals surface area (Å²) in [5, 5.41) is 13.2. The number of carbonyl (C=O) groups excluding carboxylic acids is 3. The SMILES string of the molecule is O=C1CCC(N2Cc3cc(N4CCN(CC5CCN(c6cc(F)c([N+](=O)[O-])cc6F)CC5)CC4)ccc3C2=O)C(=O)N1. The van der Waals surface area contributed by atoms with Crippen molar-refractivity contribution in [1.29, 1.82) is 0 Å².